The standard InChI is InChI=1S/C38H40N2O3/c1-4-7-23-39(24-8-5-2)30-19-20-33-36(26-30)42-35-21-18-28(27-40(22-6-3)29-14-10-9-11-15-29)25-34(35)38(33)32-17-13-12-16-31(32)37(41)43-38/h6,9-21,25-26H,3-5,7-8,22-24,27H2,1-2H3. The summed E-state index contributed by atoms with van der Waals surface area (Å²) in [5, 5.41) is 0. The number of ether oxygens (including phenoxy) is 2. The lowest BCUT2D eigenvalue weighted by Gasteiger charge is -2.38. The van der Waals surface area contributed by atoms with Gasteiger partial charge in [0.25, 0.3) is 0 Å². The molecule has 0 saturated carbocycles. The molecule has 5 heteroatoms. The van der Waals surface area contributed by atoms with E-state index in [0.717, 1.165) is 78.2 Å². The lowest BCUT2D eigenvalue weighted by molar-refractivity contribution is 0.0224. The highest BCUT2D eigenvalue weighted by atomic mass is 16.6. The van der Waals surface area contributed by atoms with Crippen molar-refractivity contribution in [1.82, 2.24) is 0 Å². The predicted molar refractivity (Wildman–Crippen MR) is 174 cm³/mol. The van der Waals surface area contributed by atoms with E-state index >= 15 is 0 Å². The molecule has 0 fully saturated rings. The quantitative estimate of drug-likeness (QED) is 0.125. The Labute approximate surface area is 255 Å². The molecule has 220 valence electrons. The molecule has 0 N–H and O–H groups in total. The van der Waals surface area contributed by atoms with Gasteiger partial charge in [0.1, 0.15) is 11.5 Å². The van der Waals surface area contributed by atoms with Crippen molar-refractivity contribution in [1.29, 1.82) is 0 Å². The number of unbranched alkanes of at least 4 members (excludes halogenated alkanes) is 2. The third-order valence-corrected chi connectivity index (χ3v) is 8.53. The van der Waals surface area contributed by atoms with E-state index in [1.165, 1.54) is 0 Å². The number of hydrogen-bond donors (Lipinski definition) is 0. The van der Waals surface area contributed by atoms with E-state index < -0.39 is 5.60 Å². The summed E-state index contributed by atoms with van der Waals surface area (Å²) in [5.41, 5.74) is 5.43. The van der Waals surface area contributed by atoms with Crippen LogP contribution in [0.5, 0.6) is 11.5 Å². The van der Waals surface area contributed by atoms with Crippen LogP contribution in [-0.2, 0) is 16.9 Å². The molecular weight excluding hydrogens is 532 g/mol. The molecule has 1 atom stereocenters. The molecule has 1 spiro atoms. The maximum Gasteiger partial charge on any atom is 0.340 e. The molecule has 4 aromatic carbocycles. The summed E-state index contributed by atoms with van der Waals surface area (Å²) in [6, 6.07) is 30.8. The lowest BCUT2D eigenvalue weighted by atomic mass is 9.77. The van der Waals surface area contributed by atoms with Crippen molar-refractivity contribution >= 4 is 17.3 Å². The van der Waals surface area contributed by atoms with Crippen molar-refractivity contribution < 1.29 is 14.3 Å². The second-order valence-electron chi connectivity index (χ2n) is 11.4. The third-order valence-electron chi connectivity index (χ3n) is 8.53. The van der Waals surface area contributed by atoms with Gasteiger partial charge in [-0.25, -0.2) is 4.79 Å². The number of para-hydroxylation sites is 1. The van der Waals surface area contributed by atoms with E-state index in [0.29, 0.717) is 24.4 Å². The predicted octanol–water partition coefficient (Wildman–Crippen LogP) is 8.85. The van der Waals surface area contributed by atoms with Gasteiger partial charge in [0.05, 0.1) is 5.56 Å². The number of carbonyl (C=O) groups is 1. The Morgan fingerprint density at radius 1 is 0.744 bits per heavy atom. The summed E-state index contributed by atoms with van der Waals surface area (Å²) in [5.74, 6) is 1.13. The summed E-state index contributed by atoms with van der Waals surface area (Å²) in [4.78, 5) is 18.1. The first kappa shape index (κ1) is 28.6. The minimum atomic E-state index is -1.08. The Balaban J connectivity index is 1.46. The fourth-order valence-electron chi connectivity index (χ4n) is 6.35. The molecule has 0 bridgehead atoms. The number of rotatable bonds is 12. The molecule has 0 amide bonds. The van der Waals surface area contributed by atoms with Gasteiger partial charge in [-0.2, -0.15) is 0 Å². The smallest absolute Gasteiger partial charge is 0.340 e. The van der Waals surface area contributed by atoms with Crippen LogP contribution in [0.2, 0.25) is 0 Å². The SMILES string of the molecule is C=CCN(Cc1ccc2c(c1)C1(OC(=O)c3ccccc31)c1ccc(N(CCCC)CCCC)cc1O2)c1ccccc1. The van der Waals surface area contributed by atoms with Gasteiger partial charge in [0.15, 0.2) is 5.60 Å². The highest BCUT2D eigenvalue weighted by molar-refractivity contribution is 5.97. The minimum absolute atomic E-state index is 0.311. The van der Waals surface area contributed by atoms with Gasteiger partial charge < -0.3 is 19.3 Å². The zero-order valence-electron chi connectivity index (χ0n) is 25.2. The Kier molecular flexibility index (Phi) is 8.24. The summed E-state index contributed by atoms with van der Waals surface area (Å²) < 4.78 is 13.1. The molecule has 1 unspecified atom stereocenters. The minimum Gasteiger partial charge on any atom is -0.456 e. The topological polar surface area (TPSA) is 42.0 Å². The van der Waals surface area contributed by atoms with E-state index in [-0.39, 0.29) is 5.97 Å². The fraction of sp³-hybridized carbons (Fsp3) is 0.289. The molecule has 2 aliphatic rings. The molecule has 0 aromatic heterocycles. The first-order valence-electron chi connectivity index (χ1n) is 15.5. The van der Waals surface area contributed by atoms with Crippen LogP contribution in [-0.4, -0.2) is 25.6 Å². The summed E-state index contributed by atoms with van der Waals surface area (Å²) >= 11 is 0. The van der Waals surface area contributed by atoms with Crippen LogP contribution in [0.1, 0.15) is 72.1 Å². The monoisotopic (exact) mass is 572 g/mol. The van der Waals surface area contributed by atoms with E-state index in [9.17, 15) is 4.79 Å². The maximum absolute atomic E-state index is 13.4. The van der Waals surface area contributed by atoms with Crippen molar-refractivity contribution in [3.63, 3.8) is 0 Å². The number of carbonyl (C=O) groups excluding carboxylic acids is 1. The van der Waals surface area contributed by atoms with Crippen LogP contribution in [0.25, 0.3) is 0 Å². The molecule has 0 saturated heterocycles. The Hall–Kier alpha value is -4.51. The number of hydrogen-bond acceptors (Lipinski definition) is 5. The number of anilines is 2. The molecule has 4 aromatic rings. The molecule has 0 aliphatic carbocycles. The van der Waals surface area contributed by atoms with Crippen molar-refractivity contribution in [2.75, 3.05) is 29.4 Å². The normalized spacial score (nSPS) is 16.1. The fourth-order valence-corrected chi connectivity index (χ4v) is 6.35. The van der Waals surface area contributed by atoms with Gasteiger partial charge >= 0.3 is 5.97 Å². The molecule has 43 heavy (non-hydrogen) atoms. The summed E-state index contributed by atoms with van der Waals surface area (Å²) in [6.45, 7) is 11.8. The van der Waals surface area contributed by atoms with Crippen molar-refractivity contribution in [3.05, 3.63) is 131 Å². The second kappa shape index (κ2) is 12.4. The van der Waals surface area contributed by atoms with E-state index in [2.05, 4.69) is 72.7 Å². The Bertz CT molecular complexity index is 1610. The van der Waals surface area contributed by atoms with Crippen molar-refractivity contribution in [2.45, 2.75) is 51.7 Å². The molecule has 0 radical (unpaired) electrons. The lowest BCUT2D eigenvalue weighted by Crippen LogP contribution is -2.34. The van der Waals surface area contributed by atoms with E-state index in [4.69, 9.17) is 9.47 Å². The van der Waals surface area contributed by atoms with Crippen LogP contribution in [0.3, 0.4) is 0 Å². The van der Waals surface area contributed by atoms with Crippen LogP contribution in [0.4, 0.5) is 11.4 Å². The zero-order chi connectivity index (χ0) is 29.8. The van der Waals surface area contributed by atoms with Crippen molar-refractivity contribution in [2.24, 2.45) is 0 Å². The number of benzene rings is 4. The molecule has 2 aliphatic heterocycles. The molecule has 2 heterocycles. The molecular formula is C38H40N2O3. The Morgan fingerprint density at radius 3 is 2.23 bits per heavy atom. The summed E-state index contributed by atoms with van der Waals surface area (Å²) in [6.07, 6.45) is 6.47. The number of nitrogens with zero attached hydrogens (tertiary/aromatic N) is 2. The first-order chi connectivity index (χ1) is 21.1. The third kappa shape index (κ3) is 5.29. The largest absolute Gasteiger partial charge is 0.456 e. The molecule has 6 rings (SSSR count). The maximum atomic E-state index is 13.4. The van der Waals surface area contributed by atoms with Crippen molar-refractivity contribution in [3.8, 4) is 11.5 Å². The zero-order valence-corrected chi connectivity index (χ0v) is 25.2. The van der Waals surface area contributed by atoms with Gasteiger partial charge in [-0.1, -0.05) is 75.2 Å². The van der Waals surface area contributed by atoms with Crippen LogP contribution >= 0.6 is 0 Å². The average Bonchev–Trinajstić information content (AvgIpc) is 3.34. The van der Waals surface area contributed by atoms with E-state index in [1.54, 1.807) is 0 Å². The number of esters is 1. The van der Waals surface area contributed by atoms with E-state index in [1.807, 2.05) is 54.6 Å². The van der Waals surface area contributed by atoms with Gasteiger partial charge in [0, 0.05) is 60.3 Å². The van der Waals surface area contributed by atoms with Crippen LogP contribution in [0, 0.1) is 0 Å². The highest BCUT2D eigenvalue weighted by Crippen LogP contribution is 2.56. The van der Waals surface area contributed by atoms with Gasteiger partial charge in [-0.3, -0.25) is 0 Å². The van der Waals surface area contributed by atoms with Crippen LogP contribution < -0.4 is 14.5 Å². The second-order valence-corrected chi connectivity index (χ2v) is 11.4. The highest BCUT2D eigenvalue weighted by Gasteiger charge is 2.53. The van der Waals surface area contributed by atoms with Gasteiger partial charge in [0.2, 0.25) is 0 Å². The first-order valence-corrected chi connectivity index (χ1v) is 15.5. The van der Waals surface area contributed by atoms with Gasteiger partial charge in [-0.05, 0) is 60.9 Å². The number of fused-ring (bicyclic) bond motifs is 6. The van der Waals surface area contributed by atoms with Gasteiger partial charge in [-0.15, -0.1) is 6.58 Å². The Morgan fingerprint density at radius 2 is 1.49 bits per heavy atom. The van der Waals surface area contributed by atoms with Crippen LogP contribution in [0.15, 0.2) is 104 Å². The molecule has 5 nitrogen and oxygen atoms in total. The average molecular weight is 573 g/mol. The summed E-state index contributed by atoms with van der Waals surface area (Å²) in [7, 11) is 0.